The van der Waals surface area contributed by atoms with Gasteiger partial charge in [-0.05, 0) is 97.4 Å². The second kappa shape index (κ2) is 7.91. The molecule has 0 aliphatic heterocycles. The van der Waals surface area contributed by atoms with Crippen LogP contribution in [-0.4, -0.2) is 23.7 Å². The van der Waals surface area contributed by atoms with Crippen LogP contribution in [0, 0.1) is 23.2 Å². The Hall–Kier alpha value is -2.20. The van der Waals surface area contributed by atoms with Crippen molar-refractivity contribution in [2.75, 3.05) is 6.54 Å². The molecular formula is C23H31N3O3. The highest BCUT2D eigenvalue weighted by molar-refractivity contribution is 5.66. The summed E-state index contributed by atoms with van der Waals surface area (Å²) < 4.78 is 5.94. The molecule has 6 heteroatoms. The van der Waals surface area contributed by atoms with E-state index in [-0.39, 0.29) is 17.5 Å². The number of aromatic hydroxyl groups is 1. The minimum absolute atomic E-state index is 0.0183. The third-order valence-corrected chi connectivity index (χ3v) is 7.97. The third kappa shape index (κ3) is 3.59. The summed E-state index contributed by atoms with van der Waals surface area (Å²) in [6, 6.07) is 5.89. The summed E-state index contributed by atoms with van der Waals surface area (Å²) >= 11 is 0. The molecule has 2 saturated carbocycles. The van der Waals surface area contributed by atoms with Crippen molar-refractivity contribution in [1.82, 2.24) is 0 Å². The number of benzene rings is 1. The smallest absolute Gasteiger partial charge is 0.302 e. The van der Waals surface area contributed by atoms with Crippen molar-refractivity contribution >= 4 is 5.97 Å². The van der Waals surface area contributed by atoms with E-state index in [9.17, 15) is 9.90 Å². The number of nitrogens with zero attached hydrogens (tertiary/aromatic N) is 3. The standard InChI is InChI=1S/C23H31N3O3/c1-14(27)29-22-16(4-3-11-25-26-24)13-21-20-7-5-15-12-17(28)6-8-18(15)19(20)9-10-23(21,22)2/h6,8,12,16,19-22,28H,3-5,7,9-11,13H2,1-2H3/t16-,19+,20+,21-,22-,23-/m0/s1. The van der Waals surface area contributed by atoms with Crippen LogP contribution in [0.25, 0.3) is 10.4 Å². The minimum Gasteiger partial charge on any atom is -0.508 e. The lowest BCUT2D eigenvalue weighted by atomic mass is 9.55. The number of azide groups is 1. The summed E-state index contributed by atoms with van der Waals surface area (Å²) in [5.41, 5.74) is 11.3. The van der Waals surface area contributed by atoms with Crippen molar-refractivity contribution in [1.29, 1.82) is 0 Å². The molecule has 29 heavy (non-hydrogen) atoms. The van der Waals surface area contributed by atoms with Gasteiger partial charge >= 0.3 is 5.97 Å². The van der Waals surface area contributed by atoms with E-state index in [0.29, 0.717) is 36.0 Å². The first-order valence-corrected chi connectivity index (χ1v) is 10.9. The minimum atomic E-state index is -0.191. The molecule has 0 unspecified atom stereocenters. The molecule has 1 aromatic carbocycles. The van der Waals surface area contributed by atoms with Gasteiger partial charge in [-0.25, -0.2) is 0 Å². The lowest BCUT2D eigenvalue weighted by molar-refractivity contribution is -0.158. The van der Waals surface area contributed by atoms with E-state index in [2.05, 4.69) is 23.0 Å². The van der Waals surface area contributed by atoms with Gasteiger partial charge in [0.2, 0.25) is 0 Å². The molecule has 4 rings (SSSR count). The number of rotatable bonds is 5. The molecule has 0 spiro atoms. The van der Waals surface area contributed by atoms with E-state index in [0.717, 1.165) is 44.9 Å². The van der Waals surface area contributed by atoms with Crippen molar-refractivity contribution in [3.8, 4) is 5.75 Å². The molecule has 0 saturated heterocycles. The van der Waals surface area contributed by atoms with Gasteiger partial charge in [-0.2, -0.15) is 0 Å². The summed E-state index contributed by atoms with van der Waals surface area (Å²) in [5.74, 6) is 2.19. The Morgan fingerprint density at radius 2 is 2.24 bits per heavy atom. The molecule has 6 atom stereocenters. The Morgan fingerprint density at radius 1 is 1.41 bits per heavy atom. The number of phenolic OH excluding ortho intramolecular Hbond substituents is 1. The molecule has 3 aliphatic carbocycles. The van der Waals surface area contributed by atoms with E-state index < -0.39 is 0 Å². The van der Waals surface area contributed by atoms with Gasteiger partial charge in [0.05, 0.1) is 0 Å². The van der Waals surface area contributed by atoms with E-state index in [1.165, 1.54) is 18.1 Å². The van der Waals surface area contributed by atoms with Crippen LogP contribution >= 0.6 is 0 Å². The molecule has 1 N–H and O–H groups in total. The number of esters is 1. The fourth-order valence-electron chi connectivity index (χ4n) is 6.85. The number of phenols is 1. The third-order valence-electron chi connectivity index (χ3n) is 7.97. The topological polar surface area (TPSA) is 95.3 Å². The maximum Gasteiger partial charge on any atom is 0.302 e. The zero-order valence-corrected chi connectivity index (χ0v) is 17.4. The Labute approximate surface area is 172 Å². The SMILES string of the molecule is CC(=O)O[C@H]1[C@@H](CCCN=[N+]=[N-])C[C@H]2[C@@H]3CCc4cc(O)ccc4[C@H]3CC[C@@]21C. The van der Waals surface area contributed by atoms with Gasteiger partial charge in [0, 0.05) is 23.8 Å². The van der Waals surface area contributed by atoms with E-state index in [1.807, 2.05) is 12.1 Å². The maximum absolute atomic E-state index is 11.9. The van der Waals surface area contributed by atoms with Gasteiger partial charge < -0.3 is 9.84 Å². The number of hydrogen-bond donors (Lipinski definition) is 1. The molecule has 3 aliphatic rings. The molecule has 0 amide bonds. The summed E-state index contributed by atoms with van der Waals surface area (Å²) in [4.78, 5) is 14.8. The highest BCUT2D eigenvalue weighted by Gasteiger charge is 2.59. The van der Waals surface area contributed by atoms with Crippen LogP contribution < -0.4 is 0 Å². The Kier molecular flexibility index (Phi) is 5.48. The van der Waals surface area contributed by atoms with Crippen LogP contribution in [0.5, 0.6) is 5.75 Å². The normalized spacial score (nSPS) is 35.0. The number of hydrogen-bond acceptors (Lipinski definition) is 4. The second-order valence-corrected chi connectivity index (χ2v) is 9.47. The maximum atomic E-state index is 11.9. The number of aryl methyl sites for hydroxylation is 1. The number of carbonyl (C=O) groups is 1. The Morgan fingerprint density at radius 3 is 3.00 bits per heavy atom. The Bertz CT molecular complexity index is 835. The molecule has 0 heterocycles. The number of fused-ring (bicyclic) bond motifs is 5. The van der Waals surface area contributed by atoms with Crippen LogP contribution in [0.4, 0.5) is 0 Å². The highest BCUT2D eigenvalue weighted by Crippen LogP contribution is 2.63. The average Bonchev–Trinajstić information content (AvgIpc) is 2.96. The van der Waals surface area contributed by atoms with Gasteiger partial charge in [0.15, 0.2) is 0 Å². The van der Waals surface area contributed by atoms with Crippen molar-refractivity contribution in [2.24, 2.45) is 28.3 Å². The lowest BCUT2D eigenvalue weighted by Gasteiger charge is -2.50. The summed E-state index contributed by atoms with van der Waals surface area (Å²) in [6.45, 7) is 4.36. The van der Waals surface area contributed by atoms with E-state index in [4.69, 9.17) is 10.3 Å². The first-order valence-electron chi connectivity index (χ1n) is 10.9. The summed E-state index contributed by atoms with van der Waals surface area (Å²) in [5, 5.41) is 13.5. The fourth-order valence-corrected chi connectivity index (χ4v) is 6.85. The number of ether oxygens (including phenoxy) is 1. The van der Waals surface area contributed by atoms with Crippen molar-refractivity contribution in [3.63, 3.8) is 0 Å². The van der Waals surface area contributed by atoms with Gasteiger partial charge in [-0.1, -0.05) is 18.1 Å². The molecule has 0 radical (unpaired) electrons. The second-order valence-electron chi connectivity index (χ2n) is 9.47. The molecule has 0 aromatic heterocycles. The predicted octanol–water partition coefficient (Wildman–Crippen LogP) is 5.50. The van der Waals surface area contributed by atoms with Gasteiger partial charge in [0.1, 0.15) is 11.9 Å². The summed E-state index contributed by atoms with van der Waals surface area (Å²) in [7, 11) is 0. The molecule has 1 aromatic rings. The van der Waals surface area contributed by atoms with E-state index >= 15 is 0 Å². The largest absolute Gasteiger partial charge is 0.508 e. The van der Waals surface area contributed by atoms with Crippen molar-refractivity contribution in [3.05, 3.63) is 39.8 Å². The first kappa shape index (κ1) is 20.1. The molecular weight excluding hydrogens is 366 g/mol. The zero-order valence-electron chi connectivity index (χ0n) is 17.4. The van der Waals surface area contributed by atoms with Gasteiger partial charge in [0.25, 0.3) is 0 Å². The number of carbonyl (C=O) groups excluding carboxylic acids is 1. The molecule has 6 nitrogen and oxygen atoms in total. The van der Waals surface area contributed by atoms with Crippen LogP contribution in [-0.2, 0) is 16.0 Å². The highest BCUT2D eigenvalue weighted by atomic mass is 16.5. The average molecular weight is 398 g/mol. The van der Waals surface area contributed by atoms with E-state index in [1.54, 1.807) is 0 Å². The van der Waals surface area contributed by atoms with Gasteiger partial charge in [-0.15, -0.1) is 0 Å². The first-order chi connectivity index (χ1) is 13.9. The van der Waals surface area contributed by atoms with Crippen LogP contribution in [0.3, 0.4) is 0 Å². The summed E-state index contributed by atoms with van der Waals surface area (Å²) in [6.07, 6.45) is 7.13. The monoisotopic (exact) mass is 397 g/mol. The molecule has 0 bridgehead atoms. The van der Waals surface area contributed by atoms with Gasteiger partial charge in [-0.3, -0.25) is 4.79 Å². The predicted molar refractivity (Wildman–Crippen MR) is 110 cm³/mol. The molecule has 2 fully saturated rings. The van der Waals surface area contributed by atoms with Crippen molar-refractivity contribution in [2.45, 2.75) is 70.8 Å². The fraction of sp³-hybridized carbons (Fsp3) is 0.696. The lowest BCUT2D eigenvalue weighted by Crippen LogP contribution is -2.45. The Balaban J connectivity index is 1.59. The van der Waals surface area contributed by atoms with Crippen LogP contribution in [0.15, 0.2) is 23.3 Å². The van der Waals surface area contributed by atoms with Crippen LogP contribution in [0.2, 0.25) is 0 Å². The zero-order chi connectivity index (χ0) is 20.6. The van der Waals surface area contributed by atoms with Crippen molar-refractivity contribution < 1.29 is 14.6 Å². The van der Waals surface area contributed by atoms with Crippen LogP contribution in [0.1, 0.15) is 69.4 Å². The molecule has 156 valence electrons. The quantitative estimate of drug-likeness (QED) is 0.234.